The van der Waals surface area contributed by atoms with Crippen LogP contribution in [0.5, 0.6) is 5.75 Å². The van der Waals surface area contributed by atoms with E-state index in [2.05, 4.69) is 52.5 Å². The summed E-state index contributed by atoms with van der Waals surface area (Å²) in [5, 5.41) is 11.0. The van der Waals surface area contributed by atoms with Crippen molar-refractivity contribution in [1.29, 1.82) is 0 Å². The molecular formula is C24H26N8O3. The molecule has 1 aliphatic carbocycles. The van der Waals surface area contributed by atoms with Crippen molar-refractivity contribution in [3.05, 3.63) is 43.3 Å². The second-order valence-electron chi connectivity index (χ2n) is 8.74. The zero-order valence-corrected chi connectivity index (χ0v) is 19.2. The Hall–Kier alpha value is -3.86. The first-order valence-electron chi connectivity index (χ1n) is 11.9. The lowest BCUT2D eigenvalue weighted by Gasteiger charge is -2.31. The van der Waals surface area contributed by atoms with Crippen molar-refractivity contribution in [3.63, 3.8) is 0 Å². The Balaban J connectivity index is 1.10. The molecule has 0 spiro atoms. The highest BCUT2D eigenvalue weighted by molar-refractivity contribution is 5.85. The van der Waals surface area contributed by atoms with Gasteiger partial charge >= 0.3 is 0 Å². The maximum atomic E-state index is 6.51. The van der Waals surface area contributed by atoms with Crippen LogP contribution in [0.3, 0.4) is 0 Å². The van der Waals surface area contributed by atoms with Gasteiger partial charge in [-0.25, -0.2) is 15.0 Å². The highest BCUT2D eigenvalue weighted by Crippen LogP contribution is 2.33. The van der Waals surface area contributed by atoms with Gasteiger partial charge in [-0.05, 0) is 31.7 Å². The number of fused-ring (bicyclic) bond motifs is 1. The lowest BCUT2D eigenvalue weighted by molar-refractivity contribution is 0.122. The summed E-state index contributed by atoms with van der Waals surface area (Å²) in [6.45, 7) is 3.18. The molecule has 180 valence electrons. The number of nitrogens with one attached hydrogen (secondary N) is 1. The maximum absolute atomic E-state index is 6.51. The Bertz CT molecular complexity index is 1250. The molecule has 0 amide bonds. The van der Waals surface area contributed by atoms with Gasteiger partial charge in [0.15, 0.2) is 0 Å². The van der Waals surface area contributed by atoms with Crippen LogP contribution in [0.1, 0.15) is 25.7 Å². The normalized spacial score (nSPS) is 20.6. The lowest BCUT2D eigenvalue weighted by Crippen LogP contribution is -2.36. The highest BCUT2D eigenvalue weighted by Gasteiger charge is 2.25. The molecule has 2 fully saturated rings. The standard InChI is InChI=1S/C24H26N8O3/c1-3-19(4-2-17(1)30-24-27-13-16(14-28-24)23-31-29-15-34-23)35-21-12-18(32-7-9-33-10-8-32)11-20-22(21)26-6-5-25-20/h5-6,11-15,17,19H,1-4,7-10H2,(H,27,28,30)/t17-,19+. The van der Waals surface area contributed by atoms with E-state index in [9.17, 15) is 0 Å². The average Bonchev–Trinajstić information content (AvgIpc) is 3.46. The van der Waals surface area contributed by atoms with E-state index in [0.717, 1.165) is 74.5 Å². The molecule has 1 aromatic carbocycles. The molecule has 4 aromatic rings. The quantitative estimate of drug-likeness (QED) is 0.443. The van der Waals surface area contributed by atoms with E-state index in [4.69, 9.17) is 13.9 Å². The van der Waals surface area contributed by atoms with Gasteiger partial charge in [0.1, 0.15) is 11.3 Å². The number of hydrogen-bond acceptors (Lipinski definition) is 11. The molecule has 1 aliphatic heterocycles. The molecule has 2 aliphatic rings. The Labute approximate surface area is 201 Å². The Morgan fingerprint density at radius 3 is 2.51 bits per heavy atom. The van der Waals surface area contributed by atoms with E-state index >= 15 is 0 Å². The van der Waals surface area contributed by atoms with Crippen molar-refractivity contribution < 1.29 is 13.9 Å². The Morgan fingerprint density at radius 2 is 1.74 bits per heavy atom. The molecule has 0 atom stereocenters. The van der Waals surface area contributed by atoms with Gasteiger partial charge in [0.25, 0.3) is 5.89 Å². The summed E-state index contributed by atoms with van der Waals surface area (Å²) in [7, 11) is 0. The summed E-state index contributed by atoms with van der Waals surface area (Å²) in [6, 6.07) is 4.48. The molecule has 0 radical (unpaired) electrons. The molecule has 0 bridgehead atoms. The SMILES string of the molecule is c1cnc2c(O[C@H]3CC[C@@H](Nc4ncc(-c5nnco5)cn4)CC3)cc(N3CCOCC3)cc2n1. The largest absolute Gasteiger partial charge is 0.488 e. The minimum atomic E-state index is 0.124. The first kappa shape index (κ1) is 21.7. The number of nitrogens with zero attached hydrogens (tertiary/aromatic N) is 7. The first-order chi connectivity index (χ1) is 17.3. The third-order valence-electron chi connectivity index (χ3n) is 6.46. The van der Waals surface area contributed by atoms with Crippen molar-refractivity contribution in [2.24, 2.45) is 0 Å². The molecule has 1 saturated carbocycles. The van der Waals surface area contributed by atoms with Crippen LogP contribution in [-0.2, 0) is 4.74 Å². The van der Waals surface area contributed by atoms with Crippen LogP contribution in [0, 0.1) is 0 Å². The molecule has 11 nitrogen and oxygen atoms in total. The van der Waals surface area contributed by atoms with Gasteiger partial charge in [0.2, 0.25) is 12.3 Å². The van der Waals surface area contributed by atoms with Gasteiger partial charge in [-0.1, -0.05) is 0 Å². The van der Waals surface area contributed by atoms with Crippen molar-refractivity contribution in [1.82, 2.24) is 30.1 Å². The number of aromatic nitrogens is 6. The zero-order valence-electron chi connectivity index (χ0n) is 19.2. The van der Waals surface area contributed by atoms with E-state index in [1.165, 1.54) is 6.39 Å². The second-order valence-corrected chi connectivity index (χ2v) is 8.74. The van der Waals surface area contributed by atoms with Crippen molar-refractivity contribution >= 4 is 22.7 Å². The minimum absolute atomic E-state index is 0.124. The summed E-state index contributed by atoms with van der Waals surface area (Å²) in [4.78, 5) is 20.2. The lowest BCUT2D eigenvalue weighted by atomic mass is 9.93. The molecule has 6 rings (SSSR count). The molecule has 0 unspecified atom stereocenters. The molecule has 3 aromatic heterocycles. The summed E-state index contributed by atoms with van der Waals surface area (Å²) < 4.78 is 17.2. The van der Waals surface area contributed by atoms with Crippen molar-refractivity contribution in [2.45, 2.75) is 37.8 Å². The number of hydrogen-bond donors (Lipinski definition) is 1. The van der Waals surface area contributed by atoms with Crippen molar-refractivity contribution in [2.75, 3.05) is 36.5 Å². The van der Waals surface area contributed by atoms with Crippen LogP contribution in [0.2, 0.25) is 0 Å². The fourth-order valence-corrected chi connectivity index (χ4v) is 4.62. The van der Waals surface area contributed by atoms with Crippen LogP contribution in [0.15, 0.2) is 47.7 Å². The second kappa shape index (κ2) is 9.79. The summed E-state index contributed by atoms with van der Waals surface area (Å²) in [6.07, 6.45) is 12.0. The summed E-state index contributed by atoms with van der Waals surface area (Å²) >= 11 is 0. The number of morpholine rings is 1. The van der Waals surface area contributed by atoms with Crippen LogP contribution >= 0.6 is 0 Å². The monoisotopic (exact) mass is 474 g/mol. The number of anilines is 2. The summed E-state index contributed by atoms with van der Waals surface area (Å²) in [5.74, 6) is 1.80. The van der Waals surface area contributed by atoms with Gasteiger partial charge in [-0.2, -0.15) is 0 Å². The van der Waals surface area contributed by atoms with E-state index in [1.54, 1.807) is 24.8 Å². The number of ether oxygens (including phenoxy) is 2. The van der Waals surface area contributed by atoms with Crippen LogP contribution in [-0.4, -0.2) is 68.6 Å². The van der Waals surface area contributed by atoms with E-state index in [0.29, 0.717) is 23.4 Å². The average molecular weight is 475 g/mol. The highest BCUT2D eigenvalue weighted by atomic mass is 16.5. The molecule has 1 N–H and O–H groups in total. The molecule has 35 heavy (non-hydrogen) atoms. The van der Waals surface area contributed by atoms with Crippen LogP contribution in [0.4, 0.5) is 11.6 Å². The van der Waals surface area contributed by atoms with Gasteiger partial charge in [0, 0.05) is 55.7 Å². The van der Waals surface area contributed by atoms with Crippen LogP contribution in [0.25, 0.3) is 22.5 Å². The topological polar surface area (TPSA) is 124 Å². The zero-order chi connectivity index (χ0) is 23.5. The third kappa shape index (κ3) is 4.85. The smallest absolute Gasteiger partial charge is 0.250 e. The summed E-state index contributed by atoms with van der Waals surface area (Å²) in [5.41, 5.74) is 3.45. The minimum Gasteiger partial charge on any atom is -0.488 e. The van der Waals surface area contributed by atoms with E-state index in [1.807, 2.05) is 0 Å². The first-order valence-corrected chi connectivity index (χ1v) is 11.9. The molecular weight excluding hydrogens is 448 g/mol. The predicted octanol–water partition coefficient (Wildman–Crippen LogP) is 3.11. The van der Waals surface area contributed by atoms with Gasteiger partial charge in [0.05, 0.1) is 30.4 Å². The van der Waals surface area contributed by atoms with E-state index < -0.39 is 0 Å². The van der Waals surface area contributed by atoms with Gasteiger partial charge in [-0.3, -0.25) is 4.98 Å². The Morgan fingerprint density at radius 1 is 0.943 bits per heavy atom. The molecule has 11 heteroatoms. The third-order valence-corrected chi connectivity index (χ3v) is 6.46. The predicted molar refractivity (Wildman–Crippen MR) is 128 cm³/mol. The maximum Gasteiger partial charge on any atom is 0.250 e. The molecule has 1 saturated heterocycles. The van der Waals surface area contributed by atoms with Gasteiger partial charge < -0.3 is 24.1 Å². The number of rotatable bonds is 6. The van der Waals surface area contributed by atoms with Gasteiger partial charge in [-0.15, -0.1) is 10.2 Å². The Kier molecular flexibility index (Phi) is 6.06. The molecule has 4 heterocycles. The number of benzene rings is 1. The van der Waals surface area contributed by atoms with Crippen molar-refractivity contribution in [3.8, 4) is 17.2 Å². The van der Waals surface area contributed by atoms with E-state index in [-0.39, 0.29) is 6.10 Å². The fourth-order valence-electron chi connectivity index (χ4n) is 4.62. The fraction of sp³-hybridized carbons (Fsp3) is 0.417. The van der Waals surface area contributed by atoms with Crippen LogP contribution < -0.4 is 15.0 Å².